The van der Waals surface area contributed by atoms with E-state index in [0.717, 1.165) is 17.7 Å². The monoisotopic (exact) mass is 388 g/mol. The first-order chi connectivity index (χ1) is 12.5. The molecule has 0 fully saturated rings. The van der Waals surface area contributed by atoms with Crippen LogP contribution in [0.25, 0.3) is 5.69 Å². The molecule has 0 saturated carbocycles. The van der Waals surface area contributed by atoms with Crippen molar-refractivity contribution in [3.63, 3.8) is 0 Å². The Morgan fingerprint density at radius 1 is 1.11 bits per heavy atom. The Morgan fingerprint density at radius 2 is 1.67 bits per heavy atom. The summed E-state index contributed by atoms with van der Waals surface area (Å²) in [5.74, 6) is -2.12. The van der Waals surface area contributed by atoms with Crippen molar-refractivity contribution in [3.8, 4) is 17.6 Å². The van der Waals surface area contributed by atoms with Gasteiger partial charge in [-0.15, -0.1) is 0 Å². The third-order valence-electron chi connectivity index (χ3n) is 4.18. The Bertz CT molecular complexity index is 952. The number of hydrogen-bond donors (Lipinski definition) is 1. The Kier molecular flexibility index (Phi) is 3.91. The normalized spacial score (nSPS) is 16.5. The zero-order chi connectivity index (χ0) is 20.2. The molecule has 0 amide bonds. The molecule has 2 heterocycles. The molecule has 2 N–H and O–H groups in total. The topological polar surface area (TPSA) is 76.9 Å². The predicted molar refractivity (Wildman–Crippen MR) is 79.5 cm³/mol. The molecular weight excluding hydrogens is 378 g/mol. The highest BCUT2D eigenvalue weighted by molar-refractivity contribution is 5.59. The maximum atomic E-state index is 13.9. The summed E-state index contributed by atoms with van der Waals surface area (Å²) in [4.78, 5) is 0. The van der Waals surface area contributed by atoms with Crippen LogP contribution in [0.2, 0.25) is 0 Å². The molecule has 0 aliphatic carbocycles. The van der Waals surface area contributed by atoms with Crippen molar-refractivity contribution in [1.82, 2.24) is 9.78 Å². The summed E-state index contributed by atoms with van der Waals surface area (Å²) < 4.78 is 89.3. The van der Waals surface area contributed by atoms with E-state index in [4.69, 9.17) is 15.7 Å². The number of ether oxygens (including phenoxy) is 1. The molecule has 1 aliphatic rings. The number of alkyl halides is 6. The average molecular weight is 388 g/mol. The Morgan fingerprint density at radius 3 is 2.15 bits per heavy atom. The van der Waals surface area contributed by atoms with Gasteiger partial charge in [0.2, 0.25) is 17.2 Å². The molecule has 27 heavy (non-hydrogen) atoms. The number of fused-ring (bicyclic) bond motifs is 1. The molecule has 142 valence electrons. The largest absolute Gasteiger partial charge is 0.422 e. The second-order valence-corrected chi connectivity index (χ2v) is 5.71. The van der Waals surface area contributed by atoms with E-state index in [9.17, 15) is 26.3 Å². The molecule has 5 nitrogen and oxygen atoms in total. The van der Waals surface area contributed by atoms with E-state index in [1.807, 2.05) is 0 Å². The summed E-state index contributed by atoms with van der Waals surface area (Å²) in [7, 11) is 0. The summed E-state index contributed by atoms with van der Waals surface area (Å²) in [5.41, 5.74) is -2.84. The van der Waals surface area contributed by atoms with Gasteiger partial charge in [0.25, 0.3) is 0 Å². The lowest BCUT2D eigenvalue weighted by molar-refractivity contribution is -0.290. The van der Waals surface area contributed by atoms with E-state index in [2.05, 4.69) is 5.10 Å². The van der Waals surface area contributed by atoms with Gasteiger partial charge in [-0.05, 0) is 19.1 Å². The molecular formula is C16H10F6N4O. The fourth-order valence-electron chi connectivity index (χ4n) is 3.11. The number of allylic oxidation sites excluding steroid dienone is 1. The molecule has 2 aromatic rings. The van der Waals surface area contributed by atoms with E-state index < -0.39 is 46.4 Å². The van der Waals surface area contributed by atoms with E-state index in [1.54, 1.807) is 6.07 Å². The van der Waals surface area contributed by atoms with E-state index >= 15 is 0 Å². The number of aromatic nitrogens is 2. The zero-order valence-corrected chi connectivity index (χ0v) is 13.5. The van der Waals surface area contributed by atoms with Gasteiger partial charge in [0, 0.05) is 0 Å². The number of para-hydroxylation sites is 1. The highest BCUT2D eigenvalue weighted by Gasteiger charge is 2.78. The smallest absolute Gasteiger partial charge is 0.412 e. The average Bonchev–Trinajstić information content (AvgIpc) is 2.88. The van der Waals surface area contributed by atoms with Crippen molar-refractivity contribution in [2.75, 3.05) is 0 Å². The number of nitrogens with zero attached hydrogens (tertiary/aromatic N) is 3. The van der Waals surface area contributed by atoms with Crippen LogP contribution in [0.3, 0.4) is 0 Å². The van der Waals surface area contributed by atoms with Crippen LogP contribution in [0.5, 0.6) is 5.88 Å². The van der Waals surface area contributed by atoms with Gasteiger partial charge in [0.15, 0.2) is 0 Å². The number of benzene rings is 1. The van der Waals surface area contributed by atoms with Crippen molar-refractivity contribution in [3.05, 3.63) is 53.0 Å². The molecule has 1 aliphatic heterocycles. The first kappa shape index (κ1) is 18.6. The van der Waals surface area contributed by atoms with E-state index in [-0.39, 0.29) is 5.69 Å². The standard InChI is InChI=1S/C16H10F6N4O/c1-8-11-13(26(25-8)9-5-3-2-4-6-9)27-12(24)10(7-23)14(11,15(17,18)19)16(20,21)22/h2-6H,24H2,1H3. The summed E-state index contributed by atoms with van der Waals surface area (Å²) in [6.45, 7) is 0.977. The number of nitrogens with two attached hydrogens (primary N) is 1. The zero-order valence-electron chi connectivity index (χ0n) is 13.5. The molecule has 1 aromatic heterocycles. The summed E-state index contributed by atoms with van der Waals surface area (Å²) in [6, 6.07) is 8.39. The van der Waals surface area contributed by atoms with Crippen LogP contribution in [-0.4, -0.2) is 22.1 Å². The van der Waals surface area contributed by atoms with Gasteiger partial charge in [-0.3, -0.25) is 0 Å². The van der Waals surface area contributed by atoms with Gasteiger partial charge in [-0.1, -0.05) is 18.2 Å². The molecule has 0 atom stereocenters. The van der Waals surface area contributed by atoms with Crippen LogP contribution in [0.15, 0.2) is 41.8 Å². The molecule has 11 heteroatoms. The van der Waals surface area contributed by atoms with E-state index in [0.29, 0.717) is 0 Å². The number of halogens is 6. The Labute approximate surface area is 148 Å². The number of nitriles is 1. The summed E-state index contributed by atoms with van der Waals surface area (Å²) in [6.07, 6.45) is -11.8. The third-order valence-corrected chi connectivity index (χ3v) is 4.18. The molecule has 1 aromatic carbocycles. The fourth-order valence-corrected chi connectivity index (χ4v) is 3.11. The first-order valence-corrected chi connectivity index (χ1v) is 7.34. The third kappa shape index (κ3) is 2.36. The van der Waals surface area contributed by atoms with E-state index in [1.165, 1.54) is 24.3 Å². The highest BCUT2D eigenvalue weighted by Crippen LogP contribution is 2.61. The summed E-state index contributed by atoms with van der Waals surface area (Å²) in [5, 5.41) is 12.9. The SMILES string of the molecule is Cc1nn(-c2ccccc2)c2c1C(C(F)(F)F)(C(F)(F)F)C(C#N)=C(N)O2. The van der Waals surface area contributed by atoms with Crippen LogP contribution >= 0.6 is 0 Å². The van der Waals surface area contributed by atoms with Gasteiger partial charge < -0.3 is 10.5 Å². The number of rotatable bonds is 1. The fraction of sp³-hybridized carbons (Fsp3) is 0.250. The lowest BCUT2D eigenvalue weighted by atomic mass is 9.71. The maximum Gasteiger partial charge on any atom is 0.412 e. The van der Waals surface area contributed by atoms with Gasteiger partial charge in [-0.25, -0.2) is 4.68 Å². The van der Waals surface area contributed by atoms with Crippen LogP contribution in [-0.2, 0) is 5.41 Å². The number of aryl methyl sites for hydroxylation is 1. The Hall–Kier alpha value is -3.16. The second kappa shape index (κ2) is 5.67. The van der Waals surface area contributed by atoms with Crippen molar-refractivity contribution >= 4 is 0 Å². The molecule has 0 spiro atoms. The lowest BCUT2D eigenvalue weighted by Gasteiger charge is -2.39. The molecule has 0 unspecified atom stereocenters. The molecule has 0 radical (unpaired) electrons. The maximum absolute atomic E-state index is 13.9. The molecule has 3 rings (SSSR count). The van der Waals surface area contributed by atoms with Crippen molar-refractivity contribution in [1.29, 1.82) is 5.26 Å². The predicted octanol–water partition coefficient (Wildman–Crippen LogP) is 3.63. The number of hydrogen-bond acceptors (Lipinski definition) is 4. The Balaban J connectivity index is 2.48. The minimum absolute atomic E-state index is 0.160. The summed E-state index contributed by atoms with van der Waals surface area (Å²) >= 11 is 0. The van der Waals surface area contributed by atoms with Crippen molar-refractivity contribution in [2.45, 2.75) is 24.7 Å². The van der Waals surface area contributed by atoms with Crippen LogP contribution in [0, 0.1) is 18.3 Å². The second-order valence-electron chi connectivity index (χ2n) is 5.71. The minimum atomic E-state index is -5.92. The van der Waals surface area contributed by atoms with Crippen LogP contribution < -0.4 is 10.5 Å². The first-order valence-electron chi connectivity index (χ1n) is 7.34. The van der Waals surface area contributed by atoms with Crippen LogP contribution in [0.4, 0.5) is 26.3 Å². The quantitative estimate of drug-likeness (QED) is 0.757. The van der Waals surface area contributed by atoms with Crippen molar-refractivity contribution in [2.24, 2.45) is 5.73 Å². The van der Waals surface area contributed by atoms with Crippen molar-refractivity contribution < 1.29 is 31.1 Å². The van der Waals surface area contributed by atoms with Gasteiger partial charge in [0.1, 0.15) is 11.6 Å². The minimum Gasteiger partial charge on any atom is -0.422 e. The lowest BCUT2D eigenvalue weighted by Crippen LogP contribution is -2.57. The van der Waals surface area contributed by atoms with Crippen LogP contribution in [0.1, 0.15) is 11.3 Å². The highest BCUT2D eigenvalue weighted by atomic mass is 19.4. The van der Waals surface area contributed by atoms with Gasteiger partial charge in [-0.2, -0.15) is 36.7 Å². The molecule has 0 saturated heterocycles. The molecule has 0 bridgehead atoms. The van der Waals surface area contributed by atoms with Gasteiger partial charge >= 0.3 is 12.4 Å². The van der Waals surface area contributed by atoms with Gasteiger partial charge in [0.05, 0.1) is 16.9 Å².